The SMILES string of the molecule is CCCCCCCCCC(CC)C1CCCCCCCCCN1. The van der Waals surface area contributed by atoms with Crippen LogP contribution in [0, 0.1) is 5.92 Å². The summed E-state index contributed by atoms with van der Waals surface area (Å²) in [6.07, 6.45) is 24.5. The third-order valence-electron chi connectivity index (χ3n) is 5.87. The van der Waals surface area contributed by atoms with Gasteiger partial charge in [0, 0.05) is 6.04 Å². The van der Waals surface area contributed by atoms with Crippen molar-refractivity contribution >= 4 is 0 Å². The Morgan fingerprint density at radius 2 is 1.35 bits per heavy atom. The summed E-state index contributed by atoms with van der Waals surface area (Å²) in [6, 6.07) is 0.804. The number of unbranched alkanes of at least 4 members (excludes halogenated alkanes) is 6. The Balaban J connectivity index is 2.22. The lowest BCUT2D eigenvalue weighted by molar-refractivity contribution is 0.294. The predicted molar refractivity (Wildman–Crippen MR) is 105 cm³/mol. The molecular weight excluding hydrogens is 278 g/mol. The van der Waals surface area contributed by atoms with Crippen molar-refractivity contribution in [1.29, 1.82) is 0 Å². The molecule has 0 aromatic rings. The van der Waals surface area contributed by atoms with Gasteiger partial charge in [-0.2, -0.15) is 0 Å². The molecule has 1 nitrogen and oxygen atoms in total. The second-order valence-corrected chi connectivity index (χ2v) is 7.90. The molecular formula is C22H45N. The zero-order chi connectivity index (χ0) is 16.6. The van der Waals surface area contributed by atoms with Crippen molar-refractivity contribution in [3.05, 3.63) is 0 Å². The summed E-state index contributed by atoms with van der Waals surface area (Å²) in [4.78, 5) is 0. The molecule has 1 saturated heterocycles. The smallest absolute Gasteiger partial charge is 0.00952 e. The van der Waals surface area contributed by atoms with E-state index in [1.807, 2.05) is 0 Å². The van der Waals surface area contributed by atoms with Crippen LogP contribution in [0.5, 0.6) is 0 Å². The molecule has 1 aliphatic heterocycles. The molecule has 0 aromatic carbocycles. The van der Waals surface area contributed by atoms with Gasteiger partial charge < -0.3 is 5.32 Å². The minimum atomic E-state index is 0.804. The van der Waals surface area contributed by atoms with E-state index in [9.17, 15) is 0 Å². The zero-order valence-corrected chi connectivity index (χ0v) is 16.4. The lowest BCUT2D eigenvalue weighted by Crippen LogP contribution is -2.36. The summed E-state index contributed by atoms with van der Waals surface area (Å²) in [7, 11) is 0. The standard InChI is InChI=1S/C22H45N/c1-3-5-6-7-9-12-15-18-21(4-2)22-19-16-13-10-8-11-14-17-20-23-22/h21-23H,3-20H2,1-2H3. The second kappa shape index (κ2) is 15.5. The maximum absolute atomic E-state index is 3.94. The van der Waals surface area contributed by atoms with Gasteiger partial charge in [0.05, 0.1) is 0 Å². The van der Waals surface area contributed by atoms with Crippen LogP contribution < -0.4 is 5.32 Å². The highest BCUT2D eigenvalue weighted by molar-refractivity contribution is 4.76. The Labute approximate surface area is 147 Å². The predicted octanol–water partition coefficient (Wildman–Crippen LogP) is 7.25. The highest BCUT2D eigenvalue weighted by Crippen LogP contribution is 2.23. The number of hydrogen-bond donors (Lipinski definition) is 1. The summed E-state index contributed by atoms with van der Waals surface area (Å²) < 4.78 is 0. The van der Waals surface area contributed by atoms with E-state index in [0.29, 0.717) is 0 Å². The van der Waals surface area contributed by atoms with E-state index in [0.717, 1.165) is 12.0 Å². The minimum absolute atomic E-state index is 0.804. The van der Waals surface area contributed by atoms with Crippen LogP contribution in [0.15, 0.2) is 0 Å². The van der Waals surface area contributed by atoms with Crippen molar-refractivity contribution in [3.8, 4) is 0 Å². The van der Waals surface area contributed by atoms with E-state index in [1.165, 1.54) is 116 Å². The number of rotatable bonds is 10. The van der Waals surface area contributed by atoms with Gasteiger partial charge in [0.1, 0.15) is 0 Å². The molecule has 0 radical (unpaired) electrons. The molecule has 0 aromatic heterocycles. The largest absolute Gasteiger partial charge is 0.314 e. The molecule has 1 aliphatic rings. The molecule has 138 valence electrons. The fraction of sp³-hybridized carbons (Fsp3) is 1.00. The quantitative estimate of drug-likeness (QED) is 0.417. The van der Waals surface area contributed by atoms with Gasteiger partial charge >= 0.3 is 0 Å². The maximum Gasteiger partial charge on any atom is 0.00952 e. The first-order valence-corrected chi connectivity index (χ1v) is 11.1. The van der Waals surface area contributed by atoms with Crippen molar-refractivity contribution < 1.29 is 0 Å². The fourth-order valence-corrected chi connectivity index (χ4v) is 4.22. The van der Waals surface area contributed by atoms with Gasteiger partial charge in [-0.05, 0) is 31.7 Å². The van der Waals surface area contributed by atoms with E-state index in [4.69, 9.17) is 0 Å². The summed E-state index contributed by atoms with van der Waals surface area (Å²) >= 11 is 0. The maximum atomic E-state index is 3.94. The summed E-state index contributed by atoms with van der Waals surface area (Å²) in [6.45, 7) is 5.98. The topological polar surface area (TPSA) is 12.0 Å². The lowest BCUT2D eigenvalue weighted by atomic mass is 9.87. The molecule has 0 saturated carbocycles. The van der Waals surface area contributed by atoms with Crippen LogP contribution in [0.4, 0.5) is 0 Å². The molecule has 0 amide bonds. The number of nitrogens with one attached hydrogen (secondary N) is 1. The Morgan fingerprint density at radius 3 is 2.04 bits per heavy atom. The van der Waals surface area contributed by atoms with Crippen LogP contribution in [0.3, 0.4) is 0 Å². The minimum Gasteiger partial charge on any atom is -0.314 e. The van der Waals surface area contributed by atoms with Crippen molar-refractivity contribution in [2.45, 2.75) is 129 Å². The van der Waals surface area contributed by atoms with Gasteiger partial charge in [-0.3, -0.25) is 0 Å². The molecule has 0 bridgehead atoms. The summed E-state index contributed by atoms with van der Waals surface area (Å²) in [5, 5.41) is 3.94. The van der Waals surface area contributed by atoms with Crippen molar-refractivity contribution in [2.75, 3.05) is 6.54 Å². The van der Waals surface area contributed by atoms with Gasteiger partial charge in [0.25, 0.3) is 0 Å². The summed E-state index contributed by atoms with van der Waals surface area (Å²) in [5.41, 5.74) is 0. The Hall–Kier alpha value is -0.0400. The molecule has 0 aliphatic carbocycles. The Morgan fingerprint density at radius 1 is 0.739 bits per heavy atom. The molecule has 0 spiro atoms. The second-order valence-electron chi connectivity index (χ2n) is 7.90. The van der Waals surface area contributed by atoms with E-state index in [-0.39, 0.29) is 0 Å². The molecule has 1 fully saturated rings. The lowest BCUT2D eigenvalue weighted by Gasteiger charge is -2.28. The first-order chi connectivity index (χ1) is 11.4. The van der Waals surface area contributed by atoms with Crippen LogP contribution in [-0.2, 0) is 0 Å². The van der Waals surface area contributed by atoms with Gasteiger partial charge in [-0.1, -0.05) is 104 Å². The van der Waals surface area contributed by atoms with Crippen LogP contribution in [-0.4, -0.2) is 12.6 Å². The zero-order valence-electron chi connectivity index (χ0n) is 16.4. The highest BCUT2D eigenvalue weighted by Gasteiger charge is 2.19. The van der Waals surface area contributed by atoms with E-state index in [1.54, 1.807) is 0 Å². The molecule has 1 heterocycles. The van der Waals surface area contributed by atoms with Gasteiger partial charge in [0.15, 0.2) is 0 Å². The van der Waals surface area contributed by atoms with Crippen molar-refractivity contribution in [3.63, 3.8) is 0 Å². The Bertz CT molecular complexity index is 226. The summed E-state index contributed by atoms with van der Waals surface area (Å²) in [5.74, 6) is 0.923. The third-order valence-corrected chi connectivity index (χ3v) is 5.87. The van der Waals surface area contributed by atoms with E-state index < -0.39 is 0 Å². The van der Waals surface area contributed by atoms with Crippen molar-refractivity contribution in [1.82, 2.24) is 5.32 Å². The van der Waals surface area contributed by atoms with Crippen LogP contribution in [0.2, 0.25) is 0 Å². The van der Waals surface area contributed by atoms with Crippen LogP contribution >= 0.6 is 0 Å². The normalized spacial score (nSPS) is 22.4. The molecule has 1 N–H and O–H groups in total. The number of hydrogen-bond acceptors (Lipinski definition) is 1. The molecule has 1 heteroatoms. The molecule has 23 heavy (non-hydrogen) atoms. The molecule has 2 atom stereocenters. The van der Waals surface area contributed by atoms with Crippen molar-refractivity contribution in [2.24, 2.45) is 5.92 Å². The molecule has 1 rings (SSSR count). The van der Waals surface area contributed by atoms with Gasteiger partial charge in [0.2, 0.25) is 0 Å². The molecule has 2 unspecified atom stereocenters. The third kappa shape index (κ3) is 11.2. The first-order valence-electron chi connectivity index (χ1n) is 11.1. The van der Waals surface area contributed by atoms with Gasteiger partial charge in [-0.25, -0.2) is 0 Å². The van der Waals surface area contributed by atoms with Gasteiger partial charge in [-0.15, -0.1) is 0 Å². The first kappa shape index (κ1) is 21.0. The van der Waals surface area contributed by atoms with E-state index >= 15 is 0 Å². The average molecular weight is 324 g/mol. The van der Waals surface area contributed by atoms with Crippen LogP contribution in [0.25, 0.3) is 0 Å². The highest BCUT2D eigenvalue weighted by atomic mass is 14.9. The van der Waals surface area contributed by atoms with Crippen LogP contribution in [0.1, 0.15) is 123 Å². The Kier molecular flexibility index (Phi) is 14.1. The fourth-order valence-electron chi connectivity index (χ4n) is 4.22. The monoisotopic (exact) mass is 323 g/mol. The average Bonchev–Trinajstić information content (AvgIpc) is 2.63. The van der Waals surface area contributed by atoms with E-state index in [2.05, 4.69) is 19.2 Å².